The minimum Gasteiger partial charge on any atom is -0.368 e. The van der Waals surface area contributed by atoms with Crippen LogP contribution in [-0.4, -0.2) is 20.9 Å². The van der Waals surface area contributed by atoms with Gasteiger partial charge in [-0.25, -0.2) is 4.98 Å². The van der Waals surface area contributed by atoms with E-state index in [1.165, 1.54) is 0 Å². The second-order valence-electron chi connectivity index (χ2n) is 5.27. The van der Waals surface area contributed by atoms with E-state index < -0.39 is 5.91 Å². The summed E-state index contributed by atoms with van der Waals surface area (Å²) in [6.45, 7) is 1.93. The Morgan fingerprint density at radius 1 is 1.18 bits per heavy atom. The Balaban J connectivity index is 1.80. The summed E-state index contributed by atoms with van der Waals surface area (Å²) in [5, 5.41) is 1.03. The van der Waals surface area contributed by atoms with Crippen molar-refractivity contribution in [3.8, 4) is 0 Å². The third-order valence-electron chi connectivity index (χ3n) is 3.73. The fourth-order valence-corrected chi connectivity index (χ4v) is 2.62. The zero-order valence-electron chi connectivity index (χ0n) is 12.3. The summed E-state index contributed by atoms with van der Waals surface area (Å²) in [4.78, 5) is 22.6. The largest absolute Gasteiger partial charge is 0.368 e. The number of rotatable bonds is 4. The maximum atomic E-state index is 11.1. The molecule has 3 rings (SSSR count). The molecule has 0 unspecified atom stereocenters. The zero-order chi connectivity index (χ0) is 15.7. The molecule has 1 amide bonds. The summed E-state index contributed by atoms with van der Waals surface area (Å²) in [5.41, 5.74) is 15.4. The van der Waals surface area contributed by atoms with E-state index >= 15 is 0 Å². The predicted molar refractivity (Wildman–Crippen MR) is 85.4 cm³/mol. The monoisotopic (exact) mass is 295 g/mol. The minimum absolute atomic E-state index is 0.278. The average Bonchev–Trinajstić information content (AvgIpc) is 2.88. The van der Waals surface area contributed by atoms with Crippen LogP contribution >= 0.6 is 0 Å². The molecule has 0 atom stereocenters. The summed E-state index contributed by atoms with van der Waals surface area (Å²) in [6, 6.07) is 7.36. The fourth-order valence-electron chi connectivity index (χ4n) is 2.62. The first-order valence-corrected chi connectivity index (χ1v) is 7.03. The number of aromatic nitrogens is 3. The number of nitrogens with one attached hydrogen (secondary N) is 1. The Morgan fingerprint density at radius 3 is 2.59 bits per heavy atom. The first-order chi connectivity index (χ1) is 10.5. The molecule has 0 saturated carbocycles. The van der Waals surface area contributed by atoms with Crippen LogP contribution in [0.15, 0.2) is 30.5 Å². The van der Waals surface area contributed by atoms with Gasteiger partial charge < -0.3 is 16.5 Å². The first-order valence-electron chi connectivity index (χ1n) is 7.03. The number of carbonyl (C=O) groups excluding carboxylic acids is 1. The molecule has 112 valence electrons. The van der Waals surface area contributed by atoms with Crippen molar-refractivity contribution >= 4 is 22.9 Å². The highest BCUT2D eigenvalue weighted by atomic mass is 16.1. The molecule has 6 heteroatoms. The van der Waals surface area contributed by atoms with E-state index in [1.807, 2.05) is 25.3 Å². The minimum atomic E-state index is -0.409. The number of carbonyl (C=O) groups is 1. The standard InChI is InChI=1S/C16H17N5O/c1-9-13-12(8-19-15(13)21-16(18)20-9)7-4-10-2-5-11(6-3-10)14(17)22/h2-3,5-6,8H,4,7H2,1H3,(H2,17,22)(H3,18,19,20,21). The van der Waals surface area contributed by atoms with Crippen LogP contribution < -0.4 is 11.5 Å². The van der Waals surface area contributed by atoms with Crippen LogP contribution in [0, 0.1) is 6.92 Å². The second kappa shape index (κ2) is 5.48. The molecule has 6 nitrogen and oxygen atoms in total. The Labute approximate surface area is 127 Å². The van der Waals surface area contributed by atoms with E-state index in [-0.39, 0.29) is 5.95 Å². The molecular formula is C16H17N5O. The van der Waals surface area contributed by atoms with Gasteiger partial charge in [0.1, 0.15) is 5.65 Å². The molecular weight excluding hydrogens is 278 g/mol. The maximum absolute atomic E-state index is 11.1. The van der Waals surface area contributed by atoms with E-state index in [2.05, 4.69) is 15.0 Å². The van der Waals surface area contributed by atoms with Gasteiger partial charge in [-0.15, -0.1) is 0 Å². The number of aromatic amines is 1. The Kier molecular flexibility index (Phi) is 3.50. The molecule has 0 aliphatic rings. The summed E-state index contributed by atoms with van der Waals surface area (Å²) >= 11 is 0. The van der Waals surface area contributed by atoms with Crippen LogP contribution in [0.3, 0.4) is 0 Å². The topological polar surface area (TPSA) is 111 Å². The van der Waals surface area contributed by atoms with Crippen LogP contribution in [0.5, 0.6) is 0 Å². The van der Waals surface area contributed by atoms with Gasteiger partial charge >= 0.3 is 0 Å². The number of benzene rings is 1. The maximum Gasteiger partial charge on any atom is 0.248 e. The van der Waals surface area contributed by atoms with Gasteiger partial charge in [0.05, 0.1) is 5.69 Å². The van der Waals surface area contributed by atoms with Crippen LogP contribution in [0.1, 0.15) is 27.2 Å². The first kappa shape index (κ1) is 14.1. The third-order valence-corrected chi connectivity index (χ3v) is 3.73. The molecule has 0 radical (unpaired) electrons. The van der Waals surface area contributed by atoms with Crippen molar-refractivity contribution in [2.45, 2.75) is 19.8 Å². The van der Waals surface area contributed by atoms with Crippen molar-refractivity contribution in [3.05, 3.63) is 52.8 Å². The van der Waals surface area contributed by atoms with Crippen molar-refractivity contribution < 1.29 is 4.79 Å². The Hall–Kier alpha value is -2.89. The normalized spacial score (nSPS) is 11.0. The van der Waals surface area contributed by atoms with E-state index in [1.54, 1.807) is 12.1 Å². The van der Waals surface area contributed by atoms with Gasteiger partial charge in [-0.2, -0.15) is 4.98 Å². The van der Waals surface area contributed by atoms with Gasteiger partial charge in [0.25, 0.3) is 0 Å². The number of anilines is 1. The molecule has 2 aromatic heterocycles. The average molecular weight is 295 g/mol. The molecule has 0 fully saturated rings. The number of nitrogens with zero attached hydrogens (tertiary/aromatic N) is 2. The van der Waals surface area contributed by atoms with Gasteiger partial charge in [-0.1, -0.05) is 12.1 Å². The van der Waals surface area contributed by atoms with Crippen LogP contribution in [0.25, 0.3) is 11.0 Å². The molecule has 3 aromatic rings. The van der Waals surface area contributed by atoms with Gasteiger partial charge in [-0.05, 0) is 43.0 Å². The van der Waals surface area contributed by atoms with Crippen molar-refractivity contribution in [3.63, 3.8) is 0 Å². The van der Waals surface area contributed by atoms with Gasteiger partial charge in [-0.3, -0.25) is 4.79 Å². The van der Waals surface area contributed by atoms with E-state index in [0.29, 0.717) is 5.56 Å². The van der Waals surface area contributed by atoms with Crippen molar-refractivity contribution in [1.29, 1.82) is 0 Å². The molecule has 1 aromatic carbocycles. The number of nitrogens with two attached hydrogens (primary N) is 2. The summed E-state index contributed by atoms with van der Waals surface area (Å²) in [7, 11) is 0. The number of amides is 1. The number of nitrogen functional groups attached to an aromatic ring is 1. The van der Waals surface area contributed by atoms with E-state index in [9.17, 15) is 4.79 Å². The highest BCUT2D eigenvalue weighted by Crippen LogP contribution is 2.22. The highest BCUT2D eigenvalue weighted by molar-refractivity contribution is 5.92. The molecule has 0 bridgehead atoms. The van der Waals surface area contributed by atoms with Crippen molar-refractivity contribution in [2.75, 3.05) is 5.73 Å². The summed E-state index contributed by atoms with van der Waals surface area (Å²) in [5.74, 6) is -0.131. The Morgan fingerprint density at radius 2 is 1.91 bits per heavy atom. The number of hydrogen-bond donors (Lipinski definition) is 3. The number of H-pyrrole nitrogens is 1. The number of primary amides is 1. The van der Waals surface area contributed by atoms with Gasteiger partial charge in [0, 0.05) is 17.1 Å². The van der Waals surface area contributed by atoms with Crippen molar-refractivity contribution in [2.24, 2.45) is 5.73 Å². The zero-order valence-corrected chi connectivity index (χ0v) is 12.3. The lowest BCUT2D eigenvalue weighted by molar-refractivity contribution is 0.100. The number of hydrogen-bond acceptors (Lipinski definition) is 4. The Bertz CT molecular complexity index is 836. The lowest BCUT2D eigenvalue weighted by atomic mass is 10.0. The lowest BCUT2D eigenvalue weighted by Crippen LogP contribution is -2.10. The van der Waals surface area contributed by atoms with Gasteiger partial charge in [0.2, 0.25) is 11.9 Å². The smallest absolute Gasteiger partial charge is 0.248 e. The van der Waals surface area contributed by atoms with Crippen LogP contribution in [0.4, 0.5) is 5.95 Å². The quantitative estimate of drug-likeness (QED) is 0.680. The summed E-state index contributed by atoms with van der Waals surface area (Å²) < 4.78 is 0. The van der Waals surface area contributed by atoms with E-state index in [0.717, 1.165) is 40.7 Å². The molecule has 22 heavy (non-hydrogen) atoms. The SMILES string of the molecule is Cc1nc(N)nc2[nH]cc(CCc3ccc(C(N)=O)cc3)c12. The highest BCUT2D eigenvalue weighted by Gasteiger charge is 2.10. The van der Waals surface area contributed by atoms with Crippen LogP contribution in [0.2, 0.25) is 0 Å². The van der Waals surface area contributed by atoms with Crippen LogP contribution in [-0.2, 0) is 12.8 Å². The molecule has 0 saturated heterocycles. The fraction of sp³-hybridized carbons (Fsp3) is 0.188. The third kappa shape index (κ3) is 2.63. The second-order valence-corrected chi connectivity index (χ2v) is 5.27. The molecule has 0 spiro atoms. The molecule has 0 aliphatic carbocycles. The van der Waals surface area contributed by atoms with E-state index in [4.69, 9.17) is 11.5 Å². The lowest BCUT2D eigenvalue weighted by Gasteiger charge is -2.04. The van der Waals surface area contributed by atoms with Gasteiger partial charge in [0.15, 0.2) is 0 Å². The summed E-state index contributed by atoms with van der Waals surface area (Å²) in [6.07, 6.45) is 3.66. The van der Waals surface area contributed by atoms with Crippen molar-refractivity contribution in [1.82, 2.24) is 15.0 Å². The number of aryl methyl sites for hydroxylation is 3. The number of fused-ring (bicyclic) bond motifs is 1. The predicted octanol–water partition coefficient (Wildman–Crippen LogP) is 1.73. The molecule has 5 N–H and O–H groups in total. The molecule has 0 aliphatic heterocycles. The molecule has 2 heterocycles.